The number of carbonyl (C=O) groups is 2. The Hall–Kier alpha value is -2.94. The third kappa shape index (κ3) is 5.78. The van der Waals surface area contributed by atoms with Gasteiger partial charge in [-0.25, -0.2) is 17.6 Å². The van der Waals surface area contributed by atoms with Gasteiger partial charge in [0.15, 0.2) is 22.0 Å². The van der Waals surface area contributed by atoms with E-state index in [1.54, 1.807) is 6.07 Å². The van der Waals surface area contributed by atoms with Crippen molar-refractivity contribution in [1.82, 2.24) is 0 Å². The number of esters is 1. The molecule has 0 aliphatic heterocycles. The second-order valence-corrected chi connectivity index (χ2v) is 8.44. The van der Waals surface area contributed by atoms with Crippen LogP contribution in [0.4, 0.5) is 10.1 Å². The van der Waals surface area contributed by atoms with E-state index in [-0.39, 0.29) is 16.3 Å². The lowest BCUT2D eigenvalue weighted by Crippen LogP contribution is -2.41. The Morgan fingerprint density at radius 1 is 1.07 bits per heavy atom. The SMILES string of the molecule is CC(C)(Oc1ccc(F)cc1)C(=O)OCC(=O)Nc1ccccc1S(C)(=O)=O. The van der Waals surface area contributed by atoms with Crippen molar-refractivity contribution >= 4 is 27.4 Å². The Morgan fingerprint density at radius 3 is 2.29 bits per heavy atom. The van der Waals surface area contributed by atoms with E-state index in [4.69, 9.17) is 9.47 Å². The third-order valence-corrected chi connectivity index (χ3v) is 4.73. The molecule has 0 aliphatic carbocycles. The van der Waals surface area contributed by atoms with Crippen LogP contribution in [-0.2, 0) is 24.2 Å². The van der Waals surface area contributed by atoms with Crippen molar-refractivity contribution in [1.29, 1.82) is 0 Å². The number of para-hydroxylation sites is 1. The second kappa shape index (κ2) is 8.39. The number of benzene rings is 2. The topological polar surface area (TPSA) is 98.8 Å². The molecule has 150 valence electrons. The molecule has 28 heavy (non-hydrogen) atoms. The lowest BCUT2D eigenvalue weighted by molar-refractivity contribution is -0.161. The molecule has 0 aliphatic rings. The van der Waals surface area contributed by atoms with Crippen LogP contribution in [0.3, 0.4) is 0 Å². The number of amides is 1. The number of anilines is 1. The number of rotatable bonds is 7. The fraction of sp³-hybridized carbons (Fsp3) is 0.263. The average molecular weight is 409 g/mol. The third-order valence-electron chi connectivity index (χ3n) is 3.57. The Kier molecular flexibility index (Phi) is 6.40. The van der Waals surface area contributed by atoms with Crippen LogP contribution in [-0.4, -0.2) is 38.8 Å². The summed E-state index contributed by atoms with van der Waals surface area (Å²) in [5.74, 6) is -1.71. The fourth-order valence-corrected chi connectivity index (χ4v) is 3.07. The van der Waals surface area contributed by atoms with Crippen LogP contribution in [0, 0.1) is 5.82 Å². The minimum Gasteiger partial charge on any atom is -0.476 e. The van der Waals surface area contributed by atoms with Gasteiger partial charge in [-0.05, 0) is 50.2 Å². The molecule has 2 aromatic rings. The van der Waals surface area contributed by atoms with Crippen LogP contribution in [0.15, 0.2) is 53.4 Å². The molecule has 0 saturated carbocycles. The number of sulfone groups is 1. The summed E-state index contributed by atoms with van der Waals surface area (Å²) in [7, 11) is -3.54. The fourth-order valence-electron chi connectivity index (χ4n) is 2.22. The zero-order chi connectivity index (χ0) is 20.9. The van der Waals surface area contributed by atoms with E-state index in [0.717, 1.165) is 6.26 Å². The van der Waals surface area contributed by atoms with Gasteiger partial charge in [-0.2, -0.15) is 0 Å². The summed E-state index contributed by atoms with van der Waals surface area (Å²) in [6, 6.07) is 11.0. The van der Waals surface area contributed by atoms with Gasteiger partial charge in [0, 0.05) is 6.26 Å². The average Bonchev–Trinajstić information content (AvgIpc) is 2.61. The molecule has 0 aromatic heterocycles. The molecule has 0 saturated heterocycles. The summed E-state index contributed by atoms with van der Waals surface area (Å²) >= 11 is 0. The van der Waals surface area contributed by atoms with E-state index < -0.39 is 39.7 Å². The number of carbonyl (C=O) groups excluding carboxylic acids is 2. The first-order valence-electron chi connectivity index (χ1n) is 8.20. The lowest BCUT2D eigenvalue weighted by Gasteiger charge is -2.24. The van der Waals surface area contributed by atoms with Crippen molar-refractivity contribution in [2.75, 3.05) is 18.2 Å². The molecule has 0 bridgehead atoms. The van der Waals surface area contributed by atoms with Gasteiger partial charge in [0.1, 0.15) is 11.6 Å². The maximum atomic E-state index is 12.9. The van der Waals surface area contributed by atoms with Gasteiger partial charge >= 0.3 is 5.97 Å². The molecule has 0 unspecified atom stereocenters. The van der Waals surface area contributed by atoms with E-state index >= 15 is 0 Å². The summed E-state index contributed by atoms with van der Waals surface area (Å²) in [5.41, 5.74) is -1.34. The summed E-state index contributed by atoms with van der Waals surface area (Å²) in [5, 5.41) is 2.40. The molecular formula is C19H20FNO6S. The van der Waals surface area contributed by atoms with Crippen molar-refractivity contribution in [3.05, 3.63) is 54.3 Å². The van der Waals surface area contributed by atoms with Gasteiger partial charge in [-0.15, -0.1) is 0 Å². The minimum absolute atomic E-state index is 0.0466. The Morgan fingerprint density at radius 2 is 1.68 bits per heavy atom. The standard InChI is InChI=1S/C19H20FNO6S/c1-19(2,27-14-10-8-13(20)9-11-14)18(23)26-12-17(22)21-15-6-4-5-7-16(15)28(3,24)25/h4-11H,12H2,1-3H3,(H,21,22). The van der Waals surface area contributed by atoms with Crippen molar-refractivity contribution in [2.24, 2.45) is 0 Å². The number of nitrogens with one attached hydrogen (secondary N) is 1. The molecule has 0 fully saturated rings. The van der Waals surface area contributed by atoms with Crippen molar-refractivity contribution in [3.8, 4) is 5.75 Å². The zero-order valence-corrected chi connectivity index (χ0v) is 16.4. The summed E-state index contributed by atoms with van der Waals surface area (Å²) < 4.78 is 46.9. The van der Waals surface area contributed by atoms with Crippen LogP contribution >= 0.6 is 0 Å². The van der Waals surface area contributed by atoms with E-state index in [1.807, 2.05) is 0 Å². The van der Waals surface area contributed by atoms with Crippen LogP contribution in [0.2, 0.25) is 0 Å². The zero-order valence-electron chi connectivity index (χ0n) is 15.6. The molecule has 2 aromatic carbocycles. The van der Waals surface area contributed by atoms with Gasteiger partial charge in [-0.1, -0.05) is 12.1 Å². The van der Waals surface area contributed by atoms with E-state index in [2.05, 4.69) is 5.32 Å². The predicted octanol–water partition coefficient (Wildman–Crippen LogP) is 2.57. The smallest absolute Gasteiger partial charge is 0.350 e. The van der Waals surface area contributed by atoms with Crippen LogP contribution < -0.4 is 10.1 Å². The number of halogens is 1. The highest BCUT2D eigenvalue weighted by atomic mass is 32.2. The van der Waals surface area contributed by atoms with Gasteiger partial charge in [0.05, 0.1) is 10.6 Å². The molecule has 2 rings (SSSR count). The Bertz CT molecular complexity index is 970. The van der Waals surface area contributed by atoms with Crippen LogP contribution in [0.25, 0.3) is 0 Å². The normalized spacial score (nSPS) is 11.6. The van der Waals surface area contributed by atoms with E-state index in [9.17, 15) is 22.4 Å². The van der Waals surface area contributed by atoms with Crippen molar-refractivity contribution in [2.45, 2.75) is 24.3 Å². The van der Waals surface area contributed by atoms with E-state index in [0.29, 0.717) is 0 Å². The molecule has 0 heterocycles. The van der Waals surface area contributed by atoms with Gasteiger partial charge in [0.2, 0.25) is 0 Å². The number of hydrogen-bond acceptors (Lipinski definition) is 6. The molecule has 0 spiro atoms. The molecule has 0 radical (unpaired) electrons. The van der Waals surface area contributed by atoms with Crippen LogP contribution in [0.5, 0.6) is 5.75 Å². The summed E-state index contributed by atoms with van der Waals surface area (Å²) in [6.45, 7) is 2.25. The van der Waals surface area contributed by atoms with Gasteiger partial charge in [-0.3, -0.25) is 4.79 Å². The van der Waals surface area contributed by atoms with Gasteiger partial charge in [0.25, 0.3) is 5.91 Å². The maximum absolute atomic E-state index is 12.9. The molecular weight excluding hydrogens is 389 g/mol. The maximum Gasteiger partial charge on any atom is 0.350 e. The molecule has 1 amide bonds. The molecule has 1 N–H and O–H groups in total. The highest BCUT2D eigenvalue weighted by molar-refractivity contribution is 7.90. The molecule has 9 heteroatoms. The monoisotopic (exact) mass is 409 g/mol. The van der Waals surface area contributed by atoms with Crippen molar-refractivity contribution < 1.29 is 31.9 Å². The predicted molar refractivity (Wildman–Crippen MR) is 100 cm³/mol. The molecule has 0 atom stereocenters. The van der Waals surface area contributed by atoms with Crippen molar-refractivity contribution in [3.63, 3.8) is 0 Å². The lowest BCUT2D eigenvalue weighted by atomic mass is 10.1. The van der Waals surface area contributed by atoms with Gasteiger partial charge < -0.3 is 14.8 Å². The summed E-state index contributed by atoms with van der Waals surface area (Å²) in [4.78, 5) is 24.2. The Labute approximate surface area is 162 Å². The second-order valence-electron chi connectivity index (χ2n) is 6.46. The largest absolute Gasteiger partial charge is 0.476 e. The minimum atomic E-state index is -3.54. The van der Waals surface area contributed by atoms with E-state index in [1.165, 1.54) is 56.3 Å². The number of ether oxygens (including phenoxy) is 2. The number of hydrogen-bond donors (Lipinski definition) is 1. The quantitative estimate of drug-likeness (QED) is 0.706. The first-order chi connectivity index (χ1) is 13.0. The van der Waals surface area contributed by atoms with Crippen LogP contribution in [0.1, 0.15) is 13.8 Å². The highest BCUT2D eigenvalue weighted by Crippen LogP contribution is 2.21. The highest BCUT2D eigenvalue weighted by Gasteiger charge is 2.32. The first-order valence-corrected chi connectivity index (χ1v) is 10.1. The molecule has 7 nitrogen and oxygen atoms in total. The Balaban J connectivity index is 1.97. The summed E-state index contributed by atoms with van der Waals surface area (Å²) in [6.07, 6.45) is 1.02. The first kappa shape index (κ1) is 21.4.